The molecule has 5 heteroatoms. The topological polar surface area (TPSA) is 51.0 Å². The van der Waals surface area contributed by atoms with Crippen LogP contribution in [0.2, 0.25) is 0 Å². The lowest BCUT2D eigenvalue weighted by molar-refractivity contribution is -0.131. The SMILES string of the molecule is O=C(CCC1CCCC1)N1CC(c2nncn2C2CC2)C2(CCC2)C1. The van der Waals surface area contributed by atoms with Crippen molar-refractivity contribution in [2.24, 2.45) is 11.3 Å². The van der Waals surface area contributed by atoms with E-state index in [1.807, 2.05) is 6.33 Å². The molecule has 4 aliphatic rings. The first-order valence-electron chi connectivity index (χ1n) is 10.4. The highest BCUT2D eigenvalue weighted by Crippen LogP contribution is 2.56. The second kappa shape index (κ2) is 6.10. The minimum Gasteiger partial charge on any atom is -0.341 e. The second-order valence-corrected chi connectivity index (χ2v) is 9.06. The Morgan fingerprint density at radius 1 is 1.16 bits per heavy atom. The molecule has 1 atom stereocenters. The van der Waals surface area contributed by atoms with E-state index < -0.39 is 0 Å². The normalized spacial score (nSPS) is 28.6. The van der Waals surface area contributed by atoms with E-state index in [1.165, 1.54) is 57.8 Å². The van der Waals surface area contributed by atoms with Crippen LogP contribution in [-0.4, -0.2) is 38.7 Å². The van der Waals surface area contributed by atoms with Gasteiger partial charge >= 0.3 is 0 Å². The quantitative estimate of drug-likeness (QED) is 0.820. The standard InChI is InChI=1S/C20H30N4O/c25-18(9-6-15-4-1-2-5-15)23-12-17(20(13-23)10-3-11-20)19-22-21-14-24(19)16-7-8-16/h14-17H,1-13H2. The van der Waals surface area contributed by atoms with Gasteiger partial charge in [0, 0.05) is 31.5 Å². The van der Waals surface area contributed by atoms with Crippen LogP contribution >= 0.6 is 0 Å². The third-order valence-electron chi connectivity index (χ3n) is 7.44. The Labute approximate surface area is 150 Å². The molecule has 3 saturated carbocycles. The Hall–Kier alpha value is -1.39. The predicted molar refractivity (Wildman–Crippen MR) is 95.1 cm³/mol. The first kappa shape index (κ1) is 15.8. The maximum Gasteiger partial charge on any atom is 0.222 e. The summed E-state index contributed by atoms with van der Waals surface area (Å²) in [7, 11) is 0. The van der Waals surface area contributed by atoms with Crippen LogP contribution in [0.15, 0.2) is 6.33 Å². The molecular formula is C20H30N4O. The molecule has 0 N–H and O–H groups in total. The van der Waals surface area contributed by atoms with E-state index >= 15 is 0 Å². The zero-order valence-electron chi connectivity index (χ0n) is 15.2. The van der Waals surface area contributed by atoms with Gasteiger partial charge in [-0.25, -0.2) is 0 Å². The molecule has 1 aliphatic heterocycles. The molecule has 1 saturated heterocycles. The van der Waals surface area contributed by atoms with Gasteiger partial charge in [0.05, 0.1) is 0 Å². The van der Waals surface area contributed by atoms with E-state index in [0.717, 1.165) is 37.7 Å². The third kappa shape index (κ3) is 2.80. The summed E-state index contributed by atoms with van der Waals surface area (Å²) in [4.78, 5) is 15.0. The van der Waals surface area contributed by atoms with E-state index in [2.05, 4.69) is 19.7 Å². The van der Waals surface area contributed by atoms with Crippen molar-refractivity contribution < 1.29 is 4.79 Å². The molecule has 1 amide bonds. The molecule has 0 radical (unpaired) electrons. The highest BCUT2D eigenvalue weighted by atomic mass is 16.2. The summed E-state index contributed by atoms with van der Waals surface area (Å²) in [6.07, 6.45) is 15.5. The van der Waals surface area contributed by atoms with Gasteiger partial charge in [-0.2, -0.15) is 0 Å². The van der Waals surface area contributed by atoms with Gasteiger partial charge in [-0.15, -0.1) is 10.2 Å². The fourth-order valence-corrected chi connectivity index (χ4v) is 5.57. The molecule has 2 heterocycles. The number of amides is 1. The maximum absolute atomic E-state index is 12.9. The largest absolute Gasteiger partial charge is 0.341 e. The number of likely N-dealkylation sites (tertiary alicyclic amines) is 1. The molecule has 136 valence electrons. The van der Waals surface area contributed by atoms with Gasteiger partial charge in [0.2, 0.25) is 5.91 Å². The van der Waals surface area contributed by atoms with Gasteiger partial charge in [0.25, 0.3) is 0 Å². The molecule has 5 nitrogen and oxygen atoms in total. The molecule has 3 aliphatic carbocycles. The van der Waals surface area contributed by atoms with Crippen LogP contribution in [0, 0.1) is 11.3 Å². The smallest absolute Gasteiger partial charge is 0.222 e. The molecule has 1 spiro atoms. The number of aromatic nitrogens is 3. The fourth-order valence-electron chi connectivity index (χ4n) is 5.57. The molecule has 5 rings (SSSR count). The lowest BCUT2D eigenvalue weighted by Gasteiger charge is -2.42. The molecule has 1 aromatic heterocycles. The molecule has 4 fully saturated rings. The summed E-state index contributed by atoms with van der Waals surface area (Å²) < 4.78 is 2.32. The highest BCUT2D eigenvalue weighted by molar-refractivity contribution is 5.76. The average Bonchev–Trinajstić information content (AvgIpc) is 3.05. The van der Waals surface area contributed by atoms with Gasteiger partial charge in [-0.3, -0.25) is 4.79 Å². The van der Waals surface area contributed by atoms with Crippen molar-refractivity contribution in [3.05, 3.63) is 12.2 Å². The Balaban J connectivity index is 1.29. The highest BCUT2D eigenvalue weighted by Gasteiger charge is 2.54. The Morgan fingerprint density at radius 2 is 1.96 bits per heavy atom. The van der Waals surface area contributed by atoms with Gasteiger partial charge < -0.3 is 9.47 Å². The van der Waals surface area contributed by atoms with Gasteiger partial charge in [-0.1, -0.05) is 32.1 Å². The molecule has 25 heavy (non-hydrogen) atoms. The van der Waals surface area contributed by atoms with Crippen molar-refractivity contribution in [3.8, 4) is 0 Å². The summed E-state index contributed by atoms with van der Waals surface area (Å²) in [5.74, 6) is 2.75. The van der Waals surface area contributed by atoms with Crippen molar-refractivity contribution in [1.29, 1.82) is 0 Å². The monoisotopic (exact) mass is 342 g/mol. The minimum absolute atomic E-state index is 0.294. The van der Waals surface area contributed by atoms with Crippen molar-refractivity contribution in [1.82, 2.24) is 19.7 Å². The van der Waals surface area contributed by atoms with Crippen LogP contribution in [0.1, 0.15) is 88.4 Å². The van der Waals surface area contributed by atoms with Crippen molar-refractivity contribution in [2.45, 2.75) is 82.6 Å². The zero-order valence-corrected chi connectivity index (χ0v) is 15.2. The summed E-state index contributed by atoms with van der Waals surface area (Å²) in [5, 5.41) is 8.73. The molecule has 0 bridgehead atoms. The number of rotatable bonds is 5. The molecule has 1 aromatic rings. The average molecular weight is 342 g/mol. The number of carbonyl (C=O) groups is 1. The number of hydrogen-bond donors (Lipinski definition) is 0. The van der Waals surface area contributed by atoms with Gasteiger partial charge in [0.15, 0.2) is 0 Å². The van der Waals surface area contributed by atoms with Gasteiger partial charge in [0.1, 0.15) is 12.2 Å². The molecule has 1 unspecified atom stereocenters. The summed E-state index contributed by atoms with van der Waals surface area (Å²) in [5.41, 5.74) is 0.294. The molecule has 0 aromatic carbocycles. The van der Waals surface area contributed by atoms with Crippen LogP contribution in [0.5, 0.6) is 0 Å². The van der Waals surface area contributed by atoms with E-state index in [1.54, 1.807) is 0 Å². The first-order valence-corrected chi connectivity index (χ1v) is 10.4. The van der Waals surface area contributed by atoms with Gasteiger partial charge in [-0.05, 0) is 43.4 Å². The number of nitrogens with zero attached hydrogens (tertiary/aromatic N) is 4. The van der Waals surface area contributed by atoms with E-state index in [0.29, 0.717) is 23.3 Å². The number of hydrogen-bond acceptors (Lipinski definition) is 3. The molecular weight excluding hydrogens is 312 g/mol. The lowest BCUT2D eigenvalue weighted by Crippen LogP contribution is -2.38. The maximum atomic E-state index is 12.9. The Morgan fingerprint density at radius 3 is 2.64 bits per heavy atom. The zero-order chi connectivity index (χ0) is 16.9. The van der Waals surface area contributed by atoms with E-state index in [-0.39, 0.29) is 0 Å². The van der Waals surface area contributed by atoms with Crippen molar-refractivity contribution in [2.75, 3.05) is 13.1 Å². The summed E-state index contributed by atoms with van der Waals surface area (Å²) >= 11 is 0. The lowest BCUT2D eigenvalue weighted by atomic mass is 9.62. The van der Waals surface area contributed by atoms with Crippen LogP contribution in [0.3, 0.4) is 0 Å². The van der Waals surface area contributed by atoms with Crippen LogP contribution < -0.4 is 0 Å². The van der Waals surface area contributed by atoms with E-state index in [4.69, 9.17) is 0 Å². The Kier molecular flexibility index (Phi) is 3.86. The first-order chi connectivity index (χ1) is 12.3. The minimum atomic E-state index is 0.294. The number of carbonyl (C=O) groups excluding carboxylic acids is 1. The van der Waals surface area contributed by atoms with Crippen molar-refractivity contribution >= 4 is 5.91 Å². The second-order valence-electron chi connectivity index (χ2n) is 9.06. The Bertz CT molecular complexity index is 640. The summed E-state index contributed by atoms with van der Waals surface area (Å²) in [6.45, 7) is 1.83. The predicted octanol–water partition coefficient (Wildman–Crippen LogP) is 3.68. The third-order valence-corrected chi connectivity index (χ3v) is 7.44. The van der Waals surface area contributed by atoms with Crippen LogP contribution in [0.25, 0.3) is 0 Å². The van der Waals surface area contributed by atoms with E-state index in [9.17, 15) is 4.79 Å². The van der Waals surface area contributed by atoms with Crippen LogP contribution in [-0.2, 0) is 4.79 Å². The summed E-state index contributed by atoms with van der Waals surface area (Å²) in [6, 6.07) is 0.620. The van der Waals surface area contributed by atoms with Crippen LogP contribution in [0.4, 0.5) is 0 Å². The fraction of sp³-hybridized carbons (Fsp3) is 0.850. The van der Waals surface area contributed by atoms with Crippen molar-refractivity contribution in [3.63, 3.8) is 0 Å².